The molecule has 0 aliphatic carbocycles. The average molecular weight is 490 g/mol. The summed E-state index contributed by atoms with van der Waals surface area (Å²) < 4.78 is 1.71. The first-order valence-electron chi connectivity index (χ1n) is 8.84. The molecule has 0 aliphatic rings. The van der Waals surface area contributed by atoms with Gasteiger partial charge in [0.15, 0.2) is 10.9 Å². The Balaban J connectivity index is 2.11. The van der Waals surface area contributed by atoms with Gasteiger partial charge in [-0.2, -0.15) is 0 Å². The van der Waals surface area contributed by atoms with E-state index >= 15 is 0 Å². The second kappa shape index (κ2) is 5.49. The van der Waals surface area contributed by atoms with Crippen LogP contribution in [0.2, 0.25) is 0 Å². The molecule has 4 heteroatoms. The summed E-state index contributed by atoms with van der Waals surface area (Å²) in [7, 11) is 0. The third kappa shape index (κ3) is 1.92. The first-order valence-corrected chi connectivity index (χ1v) is 10.4. The number of benzene rings is 4. The number of fused-ring (bicyclic) bond motifs is 10. The summed E-state index contributed by atoms with van der Waals surface area (Å²) in [4.78, 5) is 26.8. The van der Waals surface area contributed by atoms with Crippen LogP contribution in [0.5, 0.6) is 0 Å². The Bertz CT molecular complexity index is 1590. The predicted octanol–water partition coefficient (Wildman–Crippen LogP) is 6.57. The molecule has 0 unspecified atom stereocenters. The Morgan fingerprint density at radius 2 is 0.857 bits per heavy atom. The summed E-state index contributed by atoms with van der Waals surface area (Å²) in [5.41, 5.74) is -0.151. The molecule has 0 aromatic heterocycles. The van der Waals surface area contributed by atoms with Gasteiger partial charge in [-0.3, -0.25) is 9.59 Å². The molecule has 0 amide bonds. The van der Waals surface area contributed by atoms with Crippen LogP contribution in [0.15, 0.2) is 79.2 Å². The lowest BCUT2D eigenvalue weighted by Crippen LogP contribution is -2.01. The fourth-order valence-electron chi connectivity index (χ4n) is 4.57. The summed E-state index contributed by atoms with van der Waals surface area (Å²) >= 11 is 6.94. The van der Waals surface area contributed by atoms with E-state index in [1.54, 1.807) is 0 Å². The number of halogens is 2. The van der Waals surface area contributed by atoms with E-state index in [2.05, 4.69) is 31.9 Å². The maximum absolute atomic E-state index is 13.4. The summed E-state index contributed by atoms with van der Waals surface area (Å²) in [6.07, 6.45) is 0. The highest BCUT2D eigenvalue weighted by Gasteiger charge is 2.22. The molecule has 0 saturated carbocycles. The molecular formula is C24H10Br2O2. The van der Waals surface area contributed by atoms with E-state index in [4.69, 9.17) is 0 Å². The second-order valence-corrected chi connectivity index (χ2v) is 8.91. The normalized spacial score (nSPS) is 12.2. The molecule has 2 nitrogen and oxygen atoms in total. The average Bonchev–Trinajstić information content (AvgIpc) is 3.14. The Hall–Kier alpha value is -2.56. The number of hydrogen-bond donors (Lipinski definition) is 0. The molecule has 0 fully saturated rings. The largest absolute Gasteiger partial charge is 0.289 e. The minimum Gasteiger partial charge on any atom is -0.289 e. The lowest BCUT2D eigenvalue weighted by molar-refractivity contribution is 1.73. The van der Waals surface area contributed by atoms with Crippen LogP contribution in [0.1, 0.15) is 0 Å². The van der Waals surface area contributed by atoms with E-state index in [0.29, 0.717) is 21.5 Å². The van der Waals surface area contributed by atoms with Gasteiger partial charge in [0.25, 0.3) is 0 Å². The van der Waals surface area contributed by atoms with Crippen molar-refractivity contribution in [2.45, 2.75) is 0 Å². The topological polar surface area (TPSA) is 34.1 Å². The van der Waals surface area contributed by atoms with Crippen LogP contribution in [0.3, 0.4) is 0 Å². The lowest BCUT2D eigenvalue weighted by atomic mass is 9.97. The first kappa shape index (κ1) is 16.4. The smallest absolute Gasteiger partial charge is 0.195 e. The maximum atomic E-state index is 13.4. The predicted molar refractivity (Wildman–Crippen MR) is 124 cm³/mol. The summed E-state index contributed by atoms with van der Waals surface area (Å²) in [5, 5.41) is 7.94. The molecular weight excluding hydrogens is 480 g/mol. The highest BCUT2D eigenvalue weighted by atomic mass is 79.9. The van der Waals surface area contributed by atoms with Crippen LogP contribution in [0, 0.1) is 0 Å². The molecule has 6 aromatic carbocycles. The van der Waals surface area contributed by atoms with Crippen molar-refractivity contribution in [1.82, 2.24) is 0 Å². The third-order valence-electron chi connectivity index (χ3n) is 5.66. The van der Waals surface area contributed by atoms with E-state index in [-0.39, 0.29) is 10.9 Å². The minimum absolute atomic E-state index is 0.0754. The van der Waals surface area contributed by atoms with Gasteiger partial charge in [0.1, 0.15) is 0 Å². The zero-order valence-corrected chi connectivity index (χ0v) is 17.5. The van der Waals surface area contributed by atoms with Crippen LogP contribution in [0.25, 0.3) is 53.9 Å². The van der Waals surface area contributed by atoms with E-state index in [9.17, 15) is 9.59 Å². The molecule has 6 rings (SSSR count). The molecule has 0 aliphatic heterocycles. The number of rotatable bonds is 0. The Morgan fingerprint density at radius 1 is 0.464 bits per heavy atom. The van der Waals surface area contributed by atoms with Gasteiger partial charge in [-0.15, -0.1) is 0 Å². The molecule has 132 valence electrons. The van der Waals surface area contributed by atoms with Crippen molar-refractivity contribution in [3.63, 3.8) is 0 Å². The Labute approximate surface area is 175 Å². The summed E-state index contributed by atoms with van der Waals surface area (Å²) in [5.74, 6) is 0. The van der Waals surface area contributed by atoms with Gasteiger partial charge < -0.3 is 0 Å². The first-order chi connectivity index (χ1) is 13.6. The summed E-state index contributed by atoms with van der Waals surface area (Å²) in [6.45, 7) is 0. The van der Waals surface area contributed by atoms with E-state index in [0.717, 1.165) is 41.3 Å². The van der Waals surface area contributed by atoms with Gasteiger partial charge in [-0.05, 0) is 45.8 Å². The highest BCUT2D eigenvalue weighted by molar-refractivity contribution is 9.10. The molecule has 0 N–H and O–H groups in total. The molecule has 0 heterocycles. The van der Waals surface area contributed by atoms with Crippen LogP contribution >= 0.6 is 31.9 Å². The van der Waals surface area contributed by atoms with Gasteiger partial charge >= 0.3 is 0 Å². The third-order valence-corrected chi connectivity index (χ3v) is 6.65. The van der Waals surface area contributed by atoms with E-state index in [1.165, 1.54) is 0 Å². The van der Waals surface area contributed by atoms with Crippen molar-refractivity contribution < 1.29 is 0 Å². The van der Waals surface area contributed by atoms with Gasteiger partial charge in [-0.25, -0.2) is 0 Å². The van der Waals surface area contributed by atoms with Crippen molar-refractivity contribution in [3.05, 3.63) is 90.1 Å². The van der Waals surface area contributed by atoms with Crippen molar-refractivity contribution in [1.29, 1.82) is 0 Å². The molecule has 6 aromatic rings. The lowest BCUT2D eigenvalue weighted by Gasteiger charge is -2.05. The quantitative estimate of drug-likeness (QED) is 0.241. The Morgan fingerprint density at radius 3 is 1.29 bits per heavy atom. The molecule has 0 bridgehead atoms. The fraction of sp³-hybridized carbons (Fsp3) is 0. The minimum atomic E-state index is -0.0754. The fourth-order valence-corrected chi connectivity index (χ4v) is 5.29. The van der Waals surface area contributed by atoms with Crippen LogP contribution in [-0.2, 0) is 0 Å². The zero-order valence-electron chi connectivity index (χ0n) is 14.3. The van der Waals surface area contributed by atoms with Crippen LogP contribution in [-0.4, -0.2) is 0 Å². The molecule has 0 saturated heterocycles. The van der Waals surface area contributed by atoms with E-state index in [1.807, 2.05) is 60.7 Å². The second-order valence-electron chi connectivity index (χ2n) is 7.08. The van der Waals surface area contributed by atoms with Crippen LogP contribution < -0.4 is 10.9 Å². The maximum Gasteiger partial charge on any atom is 0.195 e. The molecule has 0 radical (unpaired) electrons. The standard InChI is InChI=1S/C24H10Br2O2/c25-11-5-7-15-17(9-11)23(27)21-19(15)13-3-1-2-4-14(13)20-16-8-6-12(26)10-18(16)24(28)22(20)21/h1-10H. The van der Waals surface area contributed by atoms with E-state index < -0.39 is 0 Å². The monoisotopic (exact) mass is 488 g/mol. The summed E-state index contributed by atoms with van der Waals surface area (Å²) in [6, 6.07) is 19.6. The van der Waals surface area contributed by atoms with Crippen molar-refractivity contribution in [2.75, 3.05) is 0 Å². The van der Waals surface area contributed by atoms with Crippen molar-refractivity contribution in [3.8, 4) is 0 Å². The highest BCUT2D eigenvalue weighted by Crippen LogP contribution is 2.41. The van der Waals surface area contributed by atoms with Crippen LogP contribution in [0.4, 0.5) is 0 Å². The van der Waals surface area contributed by atoms with Gasteiger partial charge in [0.05, 0.1) is 0 Å². The van der Waals surface area contributed by atoms with Gasteiger partial charge in [-0.1, -0.05) is 68.3 Å². The number of hydrogen-bond acceptors (Lipinski definition) is 2. The van der Waals surface area contributed by atoms with Crippen molar-refractivity contribution in [2.24, 2.45) is 0 Å². The van der Waals surface area contributed by atoms with Crippen molar-refractivity contribution >= 4 is 85.7 Å². The zero-order chi connectivity index (χ0) is 19.2. The Kier molecular flexibility index (Phi) is 3.22. The van der Waals surface area contributed by atoms with Gasteiger partial charge in [0.2, 0.25) is 0 Å². The molecule has 0 spiro atoms. The SMILES string of the molecule is O=c1c2cc(Br)ccc2c2c3ccccc3c3c4ccc(Br)cc4c(=O)c3c12. The van der Waals surface area contributed by atoms with Gasteiger partial charge in [0, 0.05) is 41.3 Å². The molecule has 0 atom stereocenters. The molecule has 28 heavy (non-hydrogen) atoms.